The molecule has 2 fully saturated rings. The number of H-pyrrole nitrogens is 1. The Morgan fingerprint density at radius 2 is 2.06 bits per heavy atom. The van der Waals surface area contributed by atoms with E-state index in [9.17, 15) is 24.4 Å². The van der Waals surface area contributed by atoms with Gasteiger partial charge in [0.15, 0.2) is 11.9 Å². The molecule has 35 heavy (non-hydrogen) atoms. The van der Waals surface area contributed by atoms with Crippen molar-refractivity contribution in [2.45, 2.75) is 36.7 Å². The van der Waals surface area contributed by atoms with Gasteiger partial charge < -0.3 is 14.9 Å². The Balaban J connectivity index is 1.54. The van der Waals surface area contributed by atoms with Crippen LogP contribution in [0.4, 0.5) is 5.69 Å². The smallest absolute Gasteiger partial charge is 0.387 e. The average molecular weight is 506 g/mol. The van der Waals surface area contributed by atoms with E-state index in [0.717, 1.165) is 16.8 Å². The second-order valence-corrected chi connectivity index (χ2v) is 9.26. The molecule has 1 aromatic heterocycles. The molecule has 0 amide bonds. The molecule has 3 heterocycles. The topological polar surface area (TPSA) is 202 Å². The number of rotatable bonds is 6. The minimum atomic E-state index is -4.26. The van der Waals surface area contributed by atoms with Crippen molar-refractivity contribution in [1.29, 1.82) is 0 Å². The van der Waals surface area contributed by atoms with Crippen LogP contribution in [-0.4, -0.2) is 50.9 Å². The largest absolute Gasteiger partial charge is 0.475 e. The number of ether oxygens (including phenoxy) is 1. The average Bonchev–Trinajstić information content (AvgIpc) is 3.09. The van der Waals surface area contributed by atoms with Crippen molar-refractivity contribution in [2.24, 2.45) is 5.11 Å². The summed E-state index contributed by atoms with van der Waals surface area (Å²) in [5, 5.41) is 24.5. The molecule has 15 nitrogen and oxygen atoms in total. The van der Waals surface area contributed by atoms with Crippen molar-refractivity contribution < 1.29 is 33.1 Å². The van der Waals surface area contributed by atoms with Crippen LogP contribution in [0.15, 0.2) is 51.2 Å². The number of benzene rings is 1. The van der Waals surface area contributed by atoms with E-state index in [2.05, 4.69) is 14.9 Å². The van der Waals surface area contributed by atoms with Gasteiger partial charge in [0, 0.05) is 23.6 Å². The summed E-state index contributed by atoms with van der Waals surface area (Å²) in [5.41, 5.74) is 6.11. The number of nitrogens with one attached hydrogen (secondary N) is 1. The number of hydrogen-bond donors (Lipinski definition) is 3. The molecular weight excluding hydrogens is 487 g/mol. The van der Waals surface area contributed by atoms with Crippen LogP contribution in [-0.2, 0) is 22.9 Å². The van der Waals surface area contributed by atoms with Crippen molar-refractivity contribution in [2.75, 3.05) is 13.2 Å². The zero-order chi connectivity index (χ0) is 25.2. The van der Waals surface area contributed by atoms with Gasteiger partial charge in [0.2, 0.25) is 5.72 Å². The first-order valence-corrected chi connectivity index (χ1v) is 11.6. The normalized spacial score (nSPS) is 32.5. The van der Waals surface area contributed by atoms with E-state index < -0.39 is 55.9 Å². The van der Waals surface area contributed by atoms with Crippen LogP contribution in [0, 0.1) is 6.57 Å². The van der Waals surface area contributed by atoms with Gasteiger partial charge in [-0.3, -0.25) is 27.9 Å². The van der Waals surface area contributed by atoms with Crippen molar-refractivity contribution in [3.05, 3.63) is 84.8 Å². The molecule has 4 rings (SSSR count). The molecule has 0 aliphatic carbocycles. The summed E-state index contributed by atoms with van der Waals surface area (Å²) in [7, 11) is -4.26. The Morgan fingerprint density at radius 1 is 1.31 bits per heavy atom. The van der Waals surface area contributed by atoms with Gasteiger partial charge in [-0.05, 0) is 11.1 Å². The Bertz CT molecular complexity index is 1350. The third-order valence-corrected chi connectivity index (χ3v) is 6.91. The summed E-state index contributed by atoms with van der Waals surface area (Å²) < 4.78 is 35.5. The quantitative estimate of drug-likeness (QED) is 0.171. The molecule has 2 aromatic rings. The van der Waals surface area contributed by atoms with Gasteiger partial charge in [-0.1, -0.05) is 29.4 Å². The zero-order valence-corrected chi connectivity index (χ0v) is 18.7. The summed E-state index contributed by atoms with van der Waals surface area (Å²) in [4.78, 5) is 31.3. The molecule has 0 spiro atoms. The molecule has 3 N–H and O–H groups in total. The van der Waals surface area contributed by atoms with Crippen LogP contribution in [0.5, 0.6) is 0 Å². The second-order valence-electron chi connectivity index (χ2n) is 7.64. The molecule has 1 aromatic carbocycles. The summed E-state index contributed by atoms with van der Waals surface area (Å²) in [5.74, 6) is 0. The number of aromatic nitrogens is 2. The third-order valence-electron chi connectivity index (χ3n) is 5.45. The van der Waals surface area contributed by atoms with E-state index in [4.69, 9.17) is 30.4 Å². The molecule has 1 unspecified atom stereocenters. The first-order chi connectivity index (χ1) is 16.7. The number of azide groups is 1. The van der Waals surface area contributed by atoms with Gasteiger partial charge in [-0.25, -0.2) is 14.2 Å². The van der Waals surface area contributed by atoms with Gasteiger partial charge >= 0.3 is 13.5 Å². The van der Waals surface area contributed by atoms with E-state index in [0.29, 0.717) is 17.7 Å². The number of phosphoric ester groups is 1. The van der Waals surface area contributed by atoms with Gasteiger partial charge in [-0.15, -0.1) is 0 Å². The molecule has 16 heteroatoms. The fraction of sp³-hybridized carbons (Fsp3) is 0.421. The van der Waals surface area contributed by atoms with Gasteiger partial charge in [0.1, 0.15) is 12.2 Å². The zero-order valence-electron chi connectivity index (χ0n) is 17.8. The first-order valence-electron chi connectivity index (χ1n) is 10.2. The van der Waals surface area contributed by atoms with Crippen molar-refractivity contribution in [3.8, 4) is 0 Å². The molecule has 2 aliphatic heterocycles. The Hall–Kier alpha value is -3.31. The van der Waals surface area contributed by atoms with E-state index in [-0.39, 0.29) is 6.61 Å². The fourth-order valence-corrected chi connectivity index (χ4v) is 5.07. The first kappa shape index (κ1) is 24.8. The molecule has 6 atom stereocenters. The maximum Gasteiger partial charge on any atom is 0.475 e. The number of aliphatic hydroxyl groups excluding tert-OH is 2. The third kappa shape index (κ3) is 4.92. The van der Waals surface area contributed by atoms with Gasteiger partial charge in [-0.2, -0.15) is 0 Å². The Morgan fingerprint density at radius 3 is 2.71 bits per heavy atom. The maximum atomic E-state index is 13.1. The van der Waals surface area contributed by atoms with Crippen LogP contribution in [0.2, 0.25) is 0 Å². The minimum absolute atomic E-state index is 0.0114. The molecule has 0 radical (unpaired) electrons. The standard InChI is InChI=1S/C19H19N6O9P/c1-21-12-4-2-11(3-5-12)13-7-9-31-35(30,34-13)32-10-19(23-24-20)16(28)15(27)17(33-19)25-8-6-14(26)22-18(25)29/h2-6,8,13,15-17,27-28H,7,9-10H2,(H,22,26,29)/t13-,15+,16-,17+,19+,35?/m0/s1. The lowest BCUT2D eigenvalue weighted by Crippen LogP contribution is -2.45. The number of aromatic amines is 1. The van der Waals surface area contributed by atoms with Gasteiger partial charge in [0.25, 0.3) is 5.56 Å². The Kier molecular flexibility index (Phi) is 6.91. The lowest BCUT2D eigenvalue weighted by atomic mass is 10.1. The molecule has 2 saturated heterocycles. The second kappa shape index (κ2) is 9.74. The van der Waals surface area contributed by atoms with Crippen LogP contribution in [0.25, 0.3) is 15.3 Å². The summed E-state index contributed by atoms with van der Waals surface area (Å²) in [6.07, 6.45) is -4.63. The molecular formula is C19H19N6O9P. The summed E-state index contributed by atoms with van der Waals surface area (Å²) >= 11 is 0. The van der Waals surface area contributed by atoms with E-state index >= 15 is 0 Å². The highest BCUT2D eigenvalue weighted by atomic mass is 31.2. The SMILES string of the molecule is [C-]#[N+]c1ccc([C@@H]2CCOP(=O)(OC[C@@]3(N=[N+]=[N-])O[C@@H](n4ccc(=O)[nH]c4=O)[C@H](O)[C@@H]3O)O2)cc1. The van der Waals surface area contributed by atoms with Crippen LogP contribution in [0.3, 0.4) is 0 Å². The Labute approximate surface area is 196 Å². The van der Waals surface area contributed by atoms with Crippen LogP contribution >= 0.6 is 7.82 Å². The number of aliphatic hydroxyl groups is 2. The predicted molar refractivity (Wildman–Crippen MR) is 116 cm³/mol. The number of phosphoric acid groups is 1. The highest BCUT2D eigenvalue weighted by Gasteiger charge is 2.56. The summed E-state index contributed by atoms with van der Waals surface area (Å²) in [6.45, 7) is 6.14. The predicted octanol–water partition coefficient (Wildman–Crippen LogP) is 1.65. The van der Waals surface area contributed by atoms with E-state index in [1.807, 2.05) is 4.98 Å². The number of hydrogen-bond acceptors (Lipinski definition) is 10. The van der Waals surface area contributed by atoms with Crippen molar-refractivity contribution >= 4 is 13.5 Å². The monoisotopic (exact) mass is 506 g/mol. The molecule has 184 valence electrons. The summed E-state index contributed by atoms with van der Waals surface area (Å²) in [6, 6.07) is 7.42. The number of nitrogens with zero attached hydrogens (tertiary/aromatic N) is 5. The van der Waals surface area contributed by atoms with Crippen molar-refractivity contribution in [1.82, 2.24) is 9.55 Å². The van der Waals surface area contributed by atoms with Crippen LogP contribution < -0.4 is 11.2 Å². The van der Waals surface area contributed by atoms with Crippen LogP contribution in [0.1, 0.15) is 24.3 Å². The minimum Gasteiger partial charge on any atom is -0.387 e. The maximum absolute atomic E-state index is 13.1. The lowest BCUT2D eigenvalue weighted by molar-refractivity contribution is -0.127. The highest BCUT2D eigenvalue weighted by Crippen LogP contribution is 2.58. The van der Waals surface area contributed by atoms with Gasteiger partial charge in [0.05, 0.1) is 25.9 Å². The fourth-order valence-electron chi connectivity index (χ4n) is 3.67. The lowest BCUT2D eigenvalue weighted by Gasteiger charge is -2.32. The van der Waals surface area contributed by atoms with Crippen molar-refractivity contribution in [3.63, 3.8) is 0 Å². The van der Waals surface area contributed by atoms with E-state index in [1.54, 1.807) is 24.3 Å². The molecule has 0 saturated carbocycles. The highest BCUT2D eigenvalue weighted by molar-refractivity contribution is 7.48. The van der Waals surface area contributed by atoms with E-state index in [1.165, 1.54) is 0 Å². The molecule has 2 aliphatic rings. The molecule has 0 bridgehead atoms.